The Kier molecular flexibility index (Phi) is 2.08. The van der Waals surface area contributed by atoms with Crippen molar-refractivity contribution in [3.8, 4) is 0 Å². The zero-order valence-electron chi connectivity index (χ0n) is 5.73. The highest BCUT2D eigenvalue weighted by atomic mass is 16.4. The zero-order valence-corrected chi connectivity index (χ0v) is 5.73. The maximum atomic E-state index is 8.52. The van der Waals surface area contributed by atoms with Crippen LogP contribution in [0.25, 0.3) is 0 Å². The van der Waals surface area contributed by atoms with Crippen molar-refractivity contribution in [1.29, 1.82) is 0 Å². The molecule has 4 nitrogen and oxygen atoms in total. The first-order valence-corrected chi connectivity index (χ1v) is 3.03. The van der Waals surface area contributed by atoms with E-state index in [1.54, 1.807) is 24.0 Å². The molecule has 0 aliphatic carbocycles. The summed E-state index contributed by atoms with van der Waals surface area (Å²) < 4.78 is 1.62. The molecule has 54 valence electrons. The summed E-state index contributed by atoms with van der Waals surface area (Å²) in [4.78, 5) is 0. The first kappa shape index (κ1) is 7.30. The van der Waals surface area contributed by atoms with E-state index in [-0.39, 0.29) is 6.32 Å². The second kappa shape index (κ2) is 2.85. The summed E-state index contributed by atoms with van der Waals surface area (Å²) in [6.45, 7) is 0. The maximum Gasteiger partial charge on any atom is 0.457 e. The number of hydrogen-bond acceptors (Lipinski definition) is 3. The van der Waals surface area contributed by atoms with Crippen molar-refractivity contribution in [2.24, 2.45) is 7.05 Å². The molecule has 0 saturated carbocycles. The Morgan fingerprint density at radius 2 is 2.40 bits per heavy atom. The summed E-state index contributed by atoms with van der Waals surface area (Å²) in [7, 11) is 0.489. The lowest BCUT2D eigenvalue weighted by molar-refractivity contribution is 0.404. The van der Waals surface area contributed by atoms with Crippen LogP contribution in [0, 0.1) is 0 Å². The van der Waals surface area contributed by atoms with Crippen molar-refractivity contribution in [3.05, 3.63) is 18.0 Å². The number of rotatable bonds is 2. The van der Waals surface area contributed by atoms with Crippen LogP contribution >= 0.6 is 0 Å². The highest BCUT2D eigenvalue weighted by molar-refractivity contribution is 6.40. The molecular formula is C5H9BN2O2. The van der Waals surface area contributed by atoms with Gasteiger partial charge in [-0.2, -0.15) is 5.10 Å². The van der Waals surface area contributed by atoms with E-state index in [0.29, 0.717) is 5.69 Å². The molecule has 1 aromatic rings. The Morgan fingerprint density at radius 1 is 1.70 bits per heavy atom. The fraction of sp³-hybridized carbons (Fsp3) is 0.400. The van der Waals surface area contributed by atoms with Gasteiger partial charge in [0.15, 0.2) is 0 Å². The van der Waals surface area contributed by atoms with Crippen LogP contribution < -0.4 is 0 Å². The van der Waals surface area contributed by atoms with Crippen LogP contribution in [0.15, 0.2) is 12.3 Å². The van der Waals surface area contributed by atoms with E-state index in [1.807, 2.05) is 0 Å². The minimum Gasteiger partial charge on any atom is -0.427 e. The molecule has 0 saturated heterocycles. The van der Waals surface area contributed by atoms with Gasteiger partial charge in [-0.25, -0.2) is 0 Å². The molecule has 1 heterocycles. The summed E-state index contributed by atoms with van der Waals surface area (Å²) in [6, 6.07) is 1.75. The first-order chi connectivity index (χ1) is 4.68. The van der Waals surface area contributed by atoms with Gasteiger partial charge in [0.1, 0.15) is 0 Å². The Hall–Kier alpha value is -0.805. The Morgan fingerprint density at radius 3 is 2.80 bits per heavy atom. The van der Waals surface area contributed by atoms with Crippen LogP contribution in [-0.4, -0.2) is 26.9 Å². The summed E-state index contributed by atoms with van der Waals surface area (Å²) in [5.41, 5.74) is 0.692. The van der Waals surface area contributed by atoms with Gasteiger partial charge in [0.25, 0.3) is 0 Å². The lowest BCUT2D eigenvalue weighted by Gasteiger charge is -1.91. The molecule has 1 rings (SSSR count). The van der Waals surface area contributed by atoms with Crippen LogP contribution in [0.2, 0.25) is 0 Å². The van der Waals surface area contributed by atoms with Crippen LogP contribution in [0.4, 0.5) is 0 Å². The lowest BCUT2D eigenvalue weighted by atomic mass is 9.85. The van der Waals surface area contributed by atoms with Crippen molar-refractivity contribution in [1.82, 2.24) is 9.78 Å². The van der Waals surface area contributed by atoms with Crippen molar-refractivity contribution < 1.29 is 10.0 Å². The van der Waals surface area contributed by atoms with Crippen LogP contribution in [0.3, 0.4) is 0 Å². The molecule has 0 aliphatic heterocycles. The fourth-order valence-electron chi connectivity index (χ4n) is 0.759. The molecule has 0 bridgehead atoms. The van der Waals surface area contributed by atoms with Gasteiger partial charge in [-0.05, 0) is 6.07 Å². The van der Waals surface area contributed by atoms with E-state index < -0.39 is 7.12 Å². The molecule has 5 heteroatoms. The van der Waals surface area contributed by atoms with E-state index >= 15 is 0 Å². The first-order valence-electron chi connectivity index (χ1n) is 3.03. The molecule has 2 N–H and O–H groups in total. The molecule has 0 atom stereocenters. The van der Waals surface area contributed by atoms with E-state index in [1.165, 1.54) is 0 Å². The monoisotopic (exact) mass is 140 g/mol. The largest absolute Gasteiger partial charge is 0.457 e. The minimum atomic E-state index is -1.30. The number of nitrogens with zero attached hydrogens (tertiary/aromatic N) is 2. The molecular weight excluding hydrogens is 131 g/mol. The molecule has 0 fully saturated rings. The van der Waals surface area contributed by atoms with Gasteiger partial charge < -0.3 is 10.0 Å². The van der Waals surface area contributed by atoms with Crippen LogP contribution in [0.1, 0.15) is 5.69 Å². The summed E-state index contributed by atoms with van der Waals surface area (Å²) in [5.74, 6) is 0. The van der Waals surface area contributed by atoms with Gasteiger partial charge in [0.05, 0.1) is 5.69 Å². The van der Waals surface area contributed by atoms with Gasteiger partial charge in [0.2, 0.25) is 0 Å². The number of aryl methyl sites for hydroxylation is 1. The van der Waals surface area contributed by atoms with Crippen molar-refractivity contribution in [3.63, 3.8) is 0 Å². The molecule has 0 amide bonds. The predicted octanol–water partition coefficient (Wildman–Crippen LogP) is -1.03. The average Bonchev–Trinajstić information content (AvgIpc) is 2.13. The molecule has 0 aliphatic rings. The van der Waals surface area contributed by atoms with Gasteiger partial charge in [0, 0.05) is 19.6 Å². The van der Waals surface area contributed by atoms with Gasteiger partial charge >= 0.3 is 7.12 Å². The van der Waals surface area contributed by atoms with Crippen molar-refractivity contribution >= 4 is 7.12 Å². The van der Waals surface area contributed by atoms with E-state index in [0.717, 1.165) is 0 Å². The topological polar surface area (TPSA) is 58.3 Å². The van der Waals surface area contributed by atoms with Crippen molar-refractivity contribution in [2.75, 3.05) is 0 Å². The normalized spacial score (nSPS) is 9.90. The SMILES string of the molecule is Cn1ccc(CB(O)O)n1. The predicted molar refractivity (Wildman–Crippen MR) is 37.1 cm³/mol. The second-order valence-corrected chi connectivity index (χ2v) is 2.17. The van der Waals surface area contributed by atoms with Gasteiger partial charge in [-0.3, -0.25) is 4.68 Å². The highest BCUT2D eigenvalue weighted by Gasteiger charge is 2.09. The van der Waals surface area contributed by atoms with Crippen LogP contribution in [0.5, 0.6) is 0 Å². The second-order valence-electron chi connectivity index (χ2n) is 2.17. The van der Waals surface area contributed by atoms with Gasteiger partial charge in [-0.15, -0.1) is 0 Å². The lowest BCUT2D eigenvalue weighted by Crippen LogP contribution is -2.15. The summed E-state index contributed by atoms with van der Waals surface area (Å²) in [6.07, 6.45) is 1.96. The molecule has 0 radical (unpaired) electrons. The molecule has 0 spiro atoms. The van der Waals surface area contributed by atoms with E-state index in [2.05, 4.69) is 5.10 Å². The third-order valence-electron chi connectivity index (χ3n) is 1.16. The van der Waals surface area contributed by atoms with E-state index in [9.17, 15) is 0 Å². The van der Waals surface area contributed by atoms with Crippen LogP contribution in [-0.2, 0) is 13.4 Å². The number of aromatic nitrogens is 2. The van der Waals surface area contributed by atoms with E-state index in [4.69, 9.17) is 10.0 Å². The highest BCUT2D eigenvalue weighted by Crippen LogP contribution is 1.94. The van der Waals surface area contributed by atoms with Gasteiger partial charge in [-0.1, -0.05) is 0 Å². The molecule has 1 aromatic heterocycles. The number of hydrogen-bond donors (Lipinski definition) is 2. The summed E-state index contributed by atoms with van der Waals surface area (Å²) in [5, 5.41) is 21.0. The quantitative estimate of drug-likeness (QED) is 0.516. The molecule has 0 unspecified atom stereocenters. The summed E-state index contributed by atoms with van der Waals surface area (Å²) >= 11 is 0. The minimum absolute atomic E-state index is 0.195. The van der Waals surface area contributed by atoms with Crippen molar-refractivity contribution in [2.45, 2.75) is 6.32 Å². The Balaban J connectivity index is 2.58. The maximum absolute atomic E-state index is 8.52. The average molecular weight is 140 g/mol. The standard InChI is InChI=1S/C5H9BN2O2/c1-8-3-2-5(7-8)4-6(9)10/h2-3,9-10H,4H2,1H3. The molecule has 0 aromatic carbocycles. The molecule has 10 heavy (non-hydrogen) atoms. The fourth-order valence-corrected chi connectivity index (χ4v) is 0.759. The third kappa shape index (κ3) is 1.86. The smallest absolute Gasteiger partial charge is 0.427 e. The third-order valence-corrected chi connectivity index (χ3v) is 1.16. The Bertz CT molecular complexity index is 211. The Labute approximate surface area is 59.2 Å². The zero-order chi connectivity index (χ0) is 7.56.